The molecule has 0 aliphatic heterocycles. The van der Waals surface area contributed by atoms with E-state index >= 15 is 0 Å². The first kappa shape index (κ1) is 15.8. The van der Waals surface area contributed by atoms with Gasteiger partial charge in [-0.3, -0.25) is 4.79 Å². The molecular weight excluding hydrogens is 283 g/mol. The zero-order chi connectivity index (χ0) is 15.5. The number of aliphatic hydroxyl groups is 1. The minimum atomic E-state index is -4.34. The summed E-state index contributed by atoms with van der Waals surface area (Å²) in [6, 6.07) is 7.41. The summed E-state index contributed by atoms with van der Waals surface area (Å²) in [7, 11) is 0. The van der Waals surface area contributed by atoms with Gasteiger partial charge in [-0.25, -0.2) is 0 Å². The number of carbonyl (C=O) groups excluding carboxylic acids is 1. The number of rotatable bonds is 4. The molecule has 1 atom stereocenters. The Balaban J connectivity index is 1.95. The van der Waals surface area contributed by atoms with E-state index in [9.17, 15) is 23.1 Å². The SMILES string of the molecule is O=C(CCC(F)(F)F)NCC1(O)CCCc2ccccc21. The molecule has 6 heteroatoms. The molecule has 1 aliphatic rings. The van der Waals surface area contributed by atoms with E-state index in [0.717, 1.165) is 24.0 Å². The van der Waals surface area contributed by atoms with Gasteiger partial charge in [0.2, 0.25) is 5.91 Å². The summed E-state index contributed by atoms with van der Waals surface area (Å²) in [5.74, 6) is -0.691. The molecule has 0 saturated carbocycles. The van der Waals surface area contributed by atoms with E-state index < -0.39 is 30.5 Å². The monoisotopic (exact) mass is 301 g/mol. The lowest BCUT2D eigenvalue weighted by Crippen LogP contribution is -2.43. The highest BCUT2D eigenvalue weighted by Crippen LogP contribution is 2.34. The van der Waals surface area contributed by atoms with Gasteiger partial charge >= 0.3 is 6.18 Å². The molecule has 3 nitrogen and oxygen atoms in total. The lowest BCUT2D eigenvalue weighted by Gasteiger charge is -2.34. The smallest absolute Gasteiger partial charge is 0.383 e. The molecule has 0 aromatic heterocycles. The van der Waals surface area contributed by atoms with Gasteiger partial charge in [0.15, 0.2) is 0 Å². The number of hydrogen-bond acceptors (Lipinski definition) is 2. The maximum atomic E-state index is 12.1. The molecule has 1 aliphatic carbocycles. The number of hydrogen-bond donors (Lipinski definition) is 2. The van der Waals surface area contributed by atoms with E-state index in [2.05, 4.69) is 5.32 Å². The molecule has 0 bridgehead atoms. The first-order valence-corrected chi connectivity index (χ1v) is 6.94. The van der Waals surface area contributed by atoms with Crippen LogP contribution in [-0.4, -0.2) is 23.7 Å². The Bertz CT molecular complexity index is 516. The summed E-state index contributed by atoms with van der Waals surface area (Å²) in [5, 5.41) is 13.1. The van der Waals surface area contributed by atoms with Crippen LogP contribution in [0.5, 0.6) is 0 Å². The van der Waals surface area contributed by atoms with E-state index in [-0.39, 0.29) is 6.54 Å². The van der Waals surface area contributed by atoms with Crippen molar-refractivity contribution in [2.24, 2.45) is 0 Å². The third-order valence-electron chi connectivity index (χ3n) is 3.77. The summed E-state index contributed by atoms with van der Waals surface area (Å²) in [6.45, 7) is -0.0549. The maximum Gasteiger partial charge on any atom is 0.389 e. The molecule has 1 aromatic rings. The van der Waals surface area contributed by atoms with Gasteiger partial charge in [-0.1, -0.05) is 24.3 Å². The van der Waals surface area contributed by atoms with Crippen molar-refractivity contribution in [3.05, 3.63) is 35.4 Å². The average Bonchev–Trinajstić information content (AvgIpc) is 2.43. The summed E-state index contributed by atoms with van der Waals surface area (Å²) < 4.78 is 36.2. The summed E-state index contributed by atoms with van der Waals surface area (Å²) in [5.41, 5.74) is 0.589. The maximum absolute atomic E-state index is 12.1. The molecule has 2 rings (SSSR count). The van der Waals surface area contributed by atoms with Crippen LogP contribution in [0.2, 0.25) is 0 Å². The van der Waals surface area contributed by atoms with E-state index in [1.807, 2.05) is 12.1 Å². The minimum Gasteiger partial charge on any atom is -0.383 e. The molecule has 1 aromatic carbocycles. The molecule has 0 saturated heterocycles. The number of halogens is 3. The second kappa shape index (κ2) is 6.05. The molecule has 21 heavy (non-hydrogen) atoms. The Kier molecular flexibility index (Phi) is 4.56. The van der Waals surface area contributed by atoms with Crippen LogP contribution in [0.4, 0.5) is 13.2 Å². The summed E-state index contributed by atoms with van der Waals surface area (Å²) >= 11 is 0. The third-order valence-corrected chi connectivity index (χ3v) is 3.77. The van der Waals surface area contributed by atoms with Gasteiger partial charge in [0, 0.05) is 6.42 Å². The van der Waals surface area contributed by atoms with Gasteiger partial charge in [0.25, 0.3) is 0 Å². The quantitative estimate of drug-likeness (QED) is 0.898. The van der Waals surface area contributed by atoms with Gasteiger partial charge in [-0.15, -0.1) is 0 Å². The number of benzene rings is 1. The normalized spacial score (nSPS) is 21.7. The van der Waals surface area contributed by atoms with Gasteiger partial charge in [-0.2, -0.15) is 13.2 Å². The largest absolute Gasteiger partial charge is 0.389 e. The fraction of sp³-hybridized carbons (Fsp3) is 0.533. The van der Waals surface area contributed by atoms with Crippen LogP contribution in [0.25, 0.3) is 0 Å². The first-order valence-electron chi connectivity index (χ1n) is 6.94. The van der Waals surface area contributed by atoms with Gasteiger partial charge < -0.3 is 10.4 Å². The van der Waals surface area contributed by atoms with Crippen LogP contribution in [0, 0.1) is 0 Å². The lowest BCUT2D eigenvalue weighted by molar-refractivity contribution is -0.144. The molecule has 0 fully saturated rings. The number of carbonyl (C=O) groups is 1. The number of amides is 1. The third kappa shape index (κ3) is 4.20. The van der Waals surface area contributed by atoms with Crippen molar-refractivity contribution < 1.29 is 23.1 Å². The fourth-order valence-electron chi connectivity index (χ4n) is 2.67. The van der Waals surface area contributed by atoms with E-state index in [1.54, 1.807) is 12.1 Å². The Morgan fingerprint density at radius 2 is 2.05 bits per heavy atom. The van der Waals surface area contributed by atoms with Crippen LogP contribution in [0.15, 0.2) is 24.3 Å². The molecule has 2 N–H and O–H groups in total. The highest BCUT2D eigenvalue weighted by Gasteiger charge is 2.34. The molecule has 0 radical (unpaired) electrons. The number of aryl methyl sites for hydroxylation is 1. The van der Waals surface area contributed by atoms with Crippen molar-refractivity contribution in [2.75, 3.05) is 6.54 Å². The van der Waals surface area contributed by atoms with Crippen molar-refractivity contribution in [3.8, 4) is 0 Å². The zero-order valence-corrected chi connectivity index (χ0v) is 11.5. The lowest BCUT2D eigenvalue weighted by atomic mass is 9.79. The van der Waals surface area contributed by atoms with Crippen molar-refractivity contribution >= 4 is 5.91 Å². The Morgan fingerprint density at radius 1 is 1.33 bits per heavy atom. The number of nitrogens with one attached hydrogen (secondary N) is 1. The van der Waals surface area contributed by atoms with Crippen LogP contribution in [0.1, 0.15) is 36.8 Å². The van der Waals surface area contributed by atoms with Gasteiger partial charge in [0.05, 0.1) is 13.0 Å². The van der Waals surface area contributed by atoms with E-state index in [1.165, 1.54) is 0 Å². The molecule has 0 heterocycles. The Labute approximate surface area is 121 Å². The second-order valence-electron chi connectivity index (χ2n) is 5.43. The van der Waals surface area contributed by atoms with Crippen molar-refractivity contribution in [1.82, 2.24) is 5.32 Å². The van der Waals surface area contributed by atoms with Crippen molar-refractivity contribution in [2.45, 2.75) is 43.9 Å². The number of fused-ring (bicyclic) bond motifs is 1. The topological polar surface area (TPSA) is 49.3 Å². The predicted molar refractivity (Wildman–Crippen MR) is 71.6 cm³/mol. The van der Waals surface area contributed by atoms with Crippen LogP contribution in [-0.2, 0) is 16.8 Å². The van der Waals surface area contributed by atoms with Crippen LogP contribution < -0.4 is 5.32 Å². The predicted octanol–water partition coefficient (Wildman–Crippen LogP) is 2.67. The highest BCUT2D eigenvalue weighted by atomic mass is 19.4. The number of alkyl halides is 3. The standard InChI is InChI=1S/C15H18F3NO2/c16-15(17,18)9-7-13(20)19-10-14(21)8-3-5-11-4-1-2-6-12(11)14/h1-2,4,6,21H,3,5,7-10H2,(H,19,20). The molecule has 1 amide bonds. The highest BCUT2D eigenvalue weighted by molar-refractivity contribution is 5.76. The van der Waals surface area contributed by atoms with Crippen molar-refractivity contribution in [3.63, 3.8) is 0 Å². The average molecular weight is 301 g/mol. The summed E-state index contributed by atoms with van der Waals surface area (Å²) in [4.78, 5) is 11.5. The van der Waals surface area contributed by atoms with Crippen LogP contribution >= 0.6 is 0 Å². The van der Waals surface area contributed by atoms with Crippen LogP contribution in [0.3, 0.4) is 0 Å². The first-order chi connectivity index (χ1) is 9.80. The van der Waals surface area contributed by atoms with Gasteiger partial charge in [-0.05, 0) is 30.4 Å². The zero-order valence-electron chi connectivity index (χ0n) is 11.5. The van der Waals surface area contributed by atoms with Crippen molar-refractivity contribution in [1.29, 1.82) is 0 Å². The molecule has 1 unspecified atom stereocenters. The molecule has 116 valence electrons. The Hall–Kier alpha value is -1.56. The molecular formula is C15H18F3NO2. The summed E-state index contributed by atoms with van der Waals surface area (Å²) in [6.07, 6.45) is -3.96. The minimum absolute atomic E-state index is 0.0549. The molecule has 0 spiro atoms. The second-order valence-corrected chi connectivity index (χ2v) is 5.43. The fourth-order valence-corrected chi connectivity index (χ4v) is 2.67. The van der Waals surface area contributed by atoms with E-state index in [4.69, 9.17) is 0 Å². The van der Waals surface area contributed by atoms with E-state index in [0.29, 0.717) is 6.42 Å². The van der Waals surface area contributed by atoms with Gasteiger partial charge in [0.1, 0.15) is 5.60 Å². The Morgan fingerprint density at radius 3 is 2.76 bits per heavy atom.